The van der Waals surface area contributed by atoms with E-state index in [1.54, 1.807) is 0 Å². The molecule has 1 nitrogen and oxygen atoms in total. The second kappa shape index (κ2) is 4.40. The van der Waals surface area contributed by atoms with Crippen LogP contribution in [0.5, 0.6) is 0 Å². The van der Waals surface area contributed by atoms with Crippen LogP contribution >= 0.6 is 12.4 Å². The number of hydrogen-bond donors (Lipinski definition) is 0. The van der Waals surface area contributed by atoms with E-state index in [0.29, 0.717) is 0 Å². The maximum absolute atomic E-state index is 12.2. The molecule has 1 heterocycles. The van der Waals surface area contributed by atoms with E-state index in [0.717, 1.165) is 16.2 Å². The fourth-order valence-corrected chi connectivity index (χ4v) is 3.38. The van der Waals surface area contributed by atoms with Crippen LogP contribution < -0.4 is 0 Å². The zero-order valence-corrected chi connectivity index (χ0v) is 10.2. The van der Waals surface area contributed by atoms with E-state index in [1.165, 1.54) is 11.1 Å². The van der Waals surface area contributed by atoms with Crippen LogP contribution in [0.1, 0.15) is 11.1 Å². The van der Waals surface area contributed by atoms with Crippen molar-refractivity contribution in [2.45, 2.75) is 16.2 Å². The molecule has 0 amide bonds. The molecular formula is C13H11ClOS. The van der Waals surface area contributed by atoms with Crippen molar-refractivity contribution in [3.8, 4) is 0 Å². The van der Waals surface area contributed by atoms with Gasteiger partial charge in [0, 0.05) is 9.79 Å². The van der Waals surface area contributed by atoms with Gasteiger partial charge in [-0.3, -0.25) is 0 Å². The number of halogens is 1. The van der Waals surface area contributed by atoms with Gasteiger partial charge in [0.2, 0.25) is 0 Å². The molecule has 0 fully saturated rings. The molecule has 0 saturated heterocycles. The molecule has 2 aromatic rings. The molecule has 3 rings (SSSR count). The highest BCUT2D eigenvalue weighted by molar-refractivity contribution is 7.85. The summed E-state index contributed by atoms with van der Waals surface area (Å²) in [5.74, 6) is 0. The quantitative estimate of drug-likeness (QED) is 0.599. The van der Waals surface area contributed by atoms with E-state index < -0.39 is 10.8 Å². The zero-order chi connectivity index (χ0) is 10.3. The molecule has 0 unspecified atom stereocenters. The Morgan fingerprint density at radius 2 is 1.25 bits per heavy atom. The fourth-order valence-electron chi connectivity index (χ4n) is 1.99. The topological polar surface area (TPSA) is 17.1 Å². The van der Waals surface area contributed by atoms with E-state index in [1.807, 2.05) is 36.4 Å². The summed E-state index contributed by atoms with van der Waals surface area (Å²) in [5, 5.41) is 0. The molecule has 0 spiro atoms. The first kappa shape index (κ1) is 11.4. The van der Waals surface area contributed by atoms with Crippen molar-refractivity contribution < 1.29 is 4.21 Å². The molecule has 0 aliphatic carbocycles. The Labute approximate surface area is 103 Å². The Hall–Kier alpha value is -1.12. The van der Waals surface area contributed by atoms with Crippen LogP contribution in [-0.4, -0.2) is 4.21 Å². The van der Waals surface area contributed by atoms with Crippen LogP contribution in [0.2, 0.25) is 0 Å². The molecule has 3 heteroatoms. The molecule has 0 saturated carbocycles. The van der Waals surface area contributed by atoms with E-state index in [9.17, 15) is 4.21 Å². The highest BCUT2D eigenvalue weighted by atomic mass is 35.5. The maximum atomic E-state index is 12.2. The van der Waals surface area contributed by atoms with Gasteiger partial charge in [-0.25, -0.2) is 4.21 Å². The molecule has 2 aromatic carbocycles. The SMILES string of the molecule is Cl.O=S1c2ccccc2Cc2ccccc21. The average molecular weight is 251 g/mol. The number of hydrogen-bond acceptors (Lipinski definition) is 1. The molecule has 0 radical (unpaired) electrons. The lowest BCUT2D eigenvalue weighted by atomic mass is 10.0. The maximum Gasteiger partial charge on any atom is 0.0855 e. The lowest BCUT2D eigenvalue weighted by molar-refractivity contribution is 0.679. The van der Waals surface area contributed by atoms with E-state index in [-0.39, 0.29) is 12.4 Å². The van der Waals surface area contributed by atoms with Gasteiger partial charge >= 0.3 is 0 Å². The third-order valence-corrected chi connectivity index (χ3v) is 4.32. The lowest BCUT2D eigenvalue weighted by Crippen LogP contribution is -2.08. The Balaban J connectivity index is 0.000000963. The largest absolute Gasteiger partial charge is 0.249 e. The van der Waals surface area contributed by atoms with Gasteiger partial charge in [-0.1, -0.05) is 36.4 Å². The highest BCUT2D eigenvalue weighted by Gasteiger charge is 2.20. The summed E-state index contributed by atoms with van der Waals surface area (Å²) in [5.41, 5.74) is 2.38. The fraction of sp³-hybridized carbons (Fsp3) is 0.0769. The van der Waals surface area contributed by atoms with Gasteiger partial charge in [-0.2, -0.15) is 0 Å². The van der Waals surface area contributed by atoms with E-state index in [4.69, 9.17) is 0 Å². The van der Waals surface area contributed by atoms with Gasteiger partial charge < -0.3 is 0 Å². The minimum Gasteiger partial charge on any atom is -0.249 e. The third-order valence-electron chi connectivity index (χ3n) is 2.73. The molecular weight excluding hydrogens is 240 g/mol. The van der Waals surface area contributed by atoms with Crippen molar-refractivity contribution >= 4 is 23.2 Å². The first-order chi connectivity index (χ1) is 7.36. The van der Waals surface area contributed by atoms with Gasteiger partial charge in [0.15, 0.2) is 0 Å². The second-order valence-electron chi connectivity index (χ2n) is 3.66. The van der Waals surface area contributed by atoms with Crippen LogP contribution in [0.3, 0.4) is 0 Å². The molecule has 0 aromatic heterocycles. The summed E-state index contributed by atoms with van der Waals surface area (Å²) >= 11 is 0. The smallest absolute Gasteiger partial charge is 0.0855 e. The molecule has 0 bridgehead atoms. The van der Waals surface area contributed by atoms with Crippen molar-refractivity contribution in [1.29, 1.82) is 0 Å². The summed E-state index contributed by atoms with van der Waals surface area (Å²) in [6, 6.07) is 15.9. The average Bonchev–Trinajstić information content (AvgIpc) is 2.30. The predicted molar refractivity (Wildman–Crippen MR) is 67.6 cm³/mol. The summed E-state index contributed by atoms with van der Waals surface area (Å²) in [4.78, 5) is 1.94. The van der Waals surface area contributed by atoms with Crippen molar-refractivity contribution in [1.82, 2.24) is 0 Å². The summed E-state index contributed by atoms with van der Waals surface area (Å²) in [6.07, 6.45) is 0.901. The van der Waals surface area contributed by atoms with Crippen LogP contribution in [0.15, 0.2) is 58.3 Å². The van der Waals surface area contributed by atoms with E-state index in [2.05, 4.69) is 12.1 Å². The van der Waals surface area contributed by atoms with Crippen LogP contribution in [-0.2, 0) is 17.2 Å². The molecule has 0 N–H and O–H groups in total. The van der Waals surface area contributed by atoms with Gasteiger partial charge in [0.05, 0.1) is 10.8 Å². The monoisotopic (exact) mass is 250 g/mol. The Morgan fingerprint density at radius 3 is 1.75 bits per heavy atom. The first-order valence-electron chi connectivity index (χ1n) is 4.94. The van der Waals surface area contributed by atoms with E-state index >= 15 is 0 Å². The lowest BCUT2D eigenvalue weighted by Gasteiger charge is -2.18. The summed E-state index contributed by atoms with van der Waals surface area (Å²) < 4.78 is 12.2. The Kier molecular flexibility index (Phi) is 3.13. The van der Waals surface area contributed by atoms with Crippen molar-refractivity contribution in [3.63, 3.8) is 0 Å². The molecule has 16 heavy (non-hydrogen) atoms. The summed E-state index contributed by atoms with van der Waals surface area (Å²) in [6.45, 7) is 0. The van der Waals surface area contributed by atoms with Crippen molar-refractivity contribution in [3.05, 3.63) is 59.7 Å². The van der Waals surface area contributed by atoms with Gasteiger partial charge in [0.25, 0.3) is 0 Å². The van der Waals surface area contributed by atoms with Gasteiger partial charge in [-0.05, 0) is 29.7 Å². The normalized spacial score (nSPS) is 13.5. The Morgan fingerprint density at radius 1 is 0.812 bits per heavy atom. The standard InChI is InChI=1S/C13H10OS.ClH/c14-15-12-7-3-1-5-10(12)9-11-6-2-4-8-13(11)15;/h1-8H,9H2;1H. The van der Waals surface area contributed by atoms with Crippen LogP contribution in [0, 0.1) is 0 Å². The Bertz CT molecular complexity index is 504. The zero-order valence-electron chi connectivity index (χ0n) is 8.55. The van der Waals surface area contributed by atoms with Gasteiger partial charge in [0.1, 0.15) is 0 Å². The van der Waals surface area contributed by atoms with Crippen molar-refractivity contribution in [2.75, 3.05) is 0 Å². The molecule has 82 valence electrons. The molecule has 1 aliphatic rings. The molecule has 0 atom stereocenters. The number of rotatable bonds is 0. The minimum absolute atomic E-state index is 0. The summed E-state index contributed by atoms with van der Waals surface area (Å²) in [7, 11) is -0.990. The number of fused-ring (bicyclic) bond motifs is 2. The number of benzene rings is 2. The first-order valence-corrected chi connectivity index (χ1v) is 6.09. The highest BCUT2D eigenvalue weighted by Crippen LogP contribution is 2.30. The minimum atomic E-state index is -0.990. The van der Waals surface area contributed by atoms with Crippen LogP contribution in [0.4, 0.5) is 0 Å². The van der Waals surface area contributed by atoms with Crippen LogP contribution in [0.25, 0.3) is 0 Å². The third kappa shape index (κ3) is 1.68. The van der Waals surface area contributed by atoms with Crippen molar-refractivity contribution in [2.24, 2.45) is 0 Å². The predicted octanol–water partition coefficient (Wildman–Crippen LogP) is 3.18. The van der Waals surface area contributed by atoms with Gasteiger partial charge in [-0.15, -0.1) is 12.4 Å². The molecule has 1 aliphatic heterocycles. The second-order valence-corrected chi connectivity index (χ2v) is 5.08.